The van der Waals surface area contributed by atoms with Crippen LogP contribution in [0.25, 0.3) is 0 Å². The molecule has 0 aliphatic carbocycles. The summed E-state index contributed by atoms with van der Waals surface area (Å²) in [6, 6.07) is 19.2. The van der Waals surface area contributed by atoms with Gasteiger partial charge in [-0.25, -0.2) is 0 Å². The molecule has 5 atom stereocenters. The first-order valence-corrected chi connectivity index (χ1v) is 19.5. The normalized spacial score (nSPS) is 25.1. The Balaban J connectivity index is 1.28. The van der Waals surface area contributed by atoms with E-state index in [4.69, 9.17) is 15.2 Å². The quantitative estimate of drug-likeness (QED) is 0.194. The smallest absolute Gasteiger partial charge is 0.264 e. The monoisotopic (exact) mass is 672 g/mol. The molecule has 0 unspecified atom stereocenters. The van der Waals surface area contributed by atoms with Gasteiger partial charge in [0, 0.05) is 40.5 Å². The Morgan fingerprint density at radius 1 is 1.10 bits per heavy atom. The highest BCUT2D eigenvalue weighted by Crippen LogP contribution is 2.60. The van der Waals surface area contributed by atoms with Gasteiger partial charge < -0.3 is 40.2 Å². The molecular formula is C36H44N4O7Si. The molecule has 12 heteroatoms. The van der Waals surface area contributed by atoms with Crippen LogP contribution in [0, 0.1) is 5.92 Å². The lowest BCUT2D eigenvalue weighted by Gasteiger charge is -2.32. The van der Waals surface area contributed by atoms with E-state index in [2.05, 4.69) is 5.32 Å². The van der Waals surface area contributed by atoms with Crippen LogP contribution < -0.4 is 20.7 Å². The molecule has 2 fully saturated rings. The first kappa shape index (κ1) is 33.7. The average molecular weight is 673 g/mol. The van der Waals surface area contributed by atoms with Crippen molar-refractivity contribution in [1.29, 1.82) is 0 Å². The van der Waals surface area contributed by atoms with Crippen LogP contribution in [-0.4, -0.2) is 73.2 Å². The van der Waals surface area contributed by atoms with E-state index in [9.17, 15) is 24.3 Å². The van der Waals surface area contributed by atoms with E-state index in [1.165, 1.54) is 0 Å². The number of carbonyl (C=O) groups is 3. The van der Waals surface area contributed by atoms with Crippen LogP contribution in [0.1, 0.15) is 47.7 Å². The number of fused-ring (bicyclic) bond motifs is 2. The van der Waals surface area contributed by atoms with Crippen molar-refractivity contribution in [2.24, 2.45) is 5.92 Å². The third kappa shape index (κ3) is 5.98. The summed E-state index contributed by atoms with van der Waals surface area (Å²) >= 11 is 0. The number of hydrogen-bond donors (Lipinski definition) is 4. The number of anilines is 3. The van der Waals surface area contributed by atoms with Gasteiger partial charge in [0.15, 0.2) is 13.9 Å². The van der Waals surface area contributed by atoms with Gasteiger partial charge in [-0.05, 0) is 86.1 Å². The second-order valence-corrected chi connectivity index (χ2v) is 17.7. The molecule has 0 saturated carbocycles. The predicted octanol–water partition coefficient (Wildman–Crippen LogP) is 4.25. The minimum absolute atomic E-state index is 0.0143. The van der Waals surface area contributed by atoms with Gasteiger partial charge in [-0.1, -0.05) is 19.1 Å². The fourth-order valence-corrected chi connectivity index (χ4v) is 10.5. The van der Waals surface area contributed by atoms with Crippen molar-refractivity contribution >= 4 is 43.1 Å². The van der Waals surface area contributed by atoms with Gasteiger partial charge >= 0.3 is 0 Å². The molecular weight excluding hydrogens is 629 g/mol. The highest BCUT2D eigenvalue weighted by molar-refractivity contribution is 6.71. The molecule has 3 heterocycles. The van der Waals surface area contributed by atoms with Crippen molar-refractivity contribution in [1.82, 2.24) is 4.90 Å². The number of nitrogen functional groups attached to an aromatic ring is 1. The van der Waals surface area contributed by atoms with Crippen LogP contribution in [0.5, 0.6) is 5.75 Å². The fourth-order valence-electron chi connectivity index (χ4n) is 7.90. The number of nitrogens with two attached hydrogens (primary N) is 1. The Labute approximate surface area is 281 Å². The topological polar surface area (TPSA) is 155 Å². The zero-order chi connectivity index (χ0) is 34.4. The van der Waals surface area contributed by atoms with Crippen LogP contribution >= 0.6 is 0 Å². The zero-order valence-electron chi connectivity index (χ0n) is 27.8. The number of amides is 3. The largest absolute Gasteiger partial charge is 0.497 e. The molecule has 254 valence electrons. The summed E-state index contributed by atoms with van der Waals surface area (Å²) in [4.78, 5) is 56.1. The molecule has 2 saturated heterocycles. The van der Waals surface area contributed by atoms with Crippen LogP contribution in [0.15, 0.2) is 66.7 Å². The number of rotatable bonds is 9. The Morgan fingerprint density at radius 3 is 2.46 bits per heavy atom. The number of methoxy groups -OCH3 is 1. The van der Waals surface area contributed by atoms with Crippen LogP contribution in [0.2, 0.25) is 18.6 Å². The van der Waals surface area contributed by atoms with E-state index in [1.54, 1.807) is 59.4 Å². The summed E-state index contributed by atoms with van der Waals surface area (Å²) in [5, 5.41) is 12.7. The summed E-state index contributed by atoms with van der Waals surface area (Å²) < 4.78 is 12.4. The molecule has 11 nitrogen and oxygen atoms in total. The van der Waals surface area contributed by atoms with Gasteiger partial charge in [0.25, 0.3) is 11.8 Å². The molecule has 3 aliphatic heterocycles. The SMILES string of the molecule is COc1ccc2c(c1)[C@@]1(O[C@H](CC(=O)N3CCC[C@H]3CO)[C@@H]([Si](C)(C)O)[C@@H]1C)C(=O)N2Cc1ccc(NC(=O)c2ccc(N)cc2)cc1. The molecule has 0 aromatic heterocycles. The van der Waals surface area contributed by atoms with Crippen molar-refractivity contribution in [3.63, 3.8) is 0 Å². The first-order valence-electron chi connectivity index (χ1n) is 16.4. The maximum Gasteiger partial charge on any atom is 0.264 e. The van der Waals surface area contributed by atoms with E-state index in [0.29, 0.717) is 40.5 Å². The summed E-state index contributed by atoms with van der Waals surface area (Å²) in [6.07, 6.45) is 0.892. The van der Waals surface area contributed by atoms with Gasteiger partial charge in [-0.2, -0.15) is 0 Å². The van der Waals surface area contributed by atoms with E-state index in [0.717, 1.165) is 18.4 Å². The van der Waals surface area contributed by atoms with Gasteiger partial charge in [0.2, 0.25) is 5.91 Å². The Kier molecular flexibility index (Phi) is 9.11. The standard InChI is InChI=1S/C36H44N4O7Si/c1-22-33(48(3,4)45)31(19-32(42)39-17-5-6-27(39)21-41)47-36(22)29-18-28(46-2)15-16-30(29)40(35(36)44)20-23-7-13-26(14-8-23)38-34(43)24-9-11-25(37)12-10-24/h7-16,18,22,27,31,33,41,45H,5-6,17,19-21,37H2,1-4H3,(H,38,43)/t22-,27-,31+,33-,36+/m0/s1. The maximum atomic E-state index is 14.8. The molecule has 5 N–H and O–H groups in total. The molecule has 3 aromatic rings. The number of aliphatic hydroxyl groups excluding tert-OH is 1. The highest BCUT2D eigenvalue weighted by atomic mass is 28.4. The summed E-state index contributed by atoms with van der Waals surface area (Å²) in [6.45, 7) is 6.31. The predicted molar refractivity (Wildman–Crippen MR) is 185 cm³/mol. The van der Waals surface area contributed by atoms with Crippen molar-refractivity contribution in [2.75, 3.05) is 36.2 Å². The van der Waals surface area contributed by atoms with E-state index in [-0.39, 0.29) is 43.3 Å². The molecule has 48 heavy (non-hydrogen) atoms. The molecule has 1 spiro atoms. The van der Waals surface area contributed by atoms with Crippen molar-refractivity contribution in [3.8, 4) is 5.75 Å². The number of nitrogens with one attached hydrogen (secondary N) is 1. The number of likely N-dealkylation sites (tertiary alicyclic amines) is 1. The zero-order valence-corrected chi connectivity index (χ0v) is 28.8. The third-order valence-corrected chi connectivity index (χ3v) is 12.7. The molecule has 0 radical (unpaired) electrons. The highest BCUT2D eigenvalue weighted by Gasteiger charge is 2.66. The minimum Gasteiger partial charge on any atom is -0.497 e. The van der Waals surface area contributed by atoms with Gasteiger partial charge in [-0.15, -0.1) is 0 Å². The lowest BCUT2D eigenvalue weighted by molar-refractivity contribution is -0.150. The Morgan fingerprint density at radius 2 is 1.81 bits per heavy atom. The lowest BCUT2D eigenvalue weighted by atomic mass is 9.82. The lowest BCUT2D eigenvalue weighted by Crippen LogP contribution is -2.46. The first-order chi connectivity index (χ1) is 22.9. The van der Waals surface area contributed by atoms with Crippen molar-refractivity contribution in [3.05, 3.63) is 83.4 Å². The second-order valence-electron chi connectivity index (χ2n) is 13.7. The molecule has 3 aliphatic rings. The van der Waals surface area contributed by atoms with E-state index in [1.807, 2.05) is 44.3 Å². The molecule has 6 rings (SSSR count). The van der Waals surface area contributed by atoms with Gasteiger partial charge in [-0.3, -0.25) is 14.4 Å². The molecule has 3 aromatic carbocycles. The second kappa shape index (κ2) is 13.0. The molecule has 3 amide bonds. The number of nitrogens with zero attached hydrogens (tertiary/aromatic N) is 2. The summed E-state index contributed by atoms with van der Waals surface area (Å²) in [7, 11) is -1.41. The van der Waals surface area contributed by atoms with Crippen molar-refractivity contribution in [2.45, 2.75) is 69.1 Å². The Bertz CT molecular complexity index is 1690. The fraction of sp³-hybridized carbons (Fsp3) is 0.417. The van der Waals surface area contributed by atoms with Gasteiger partial charge in [0.1, 0.15) is 5.75 Å². The third-order valence-electron chi connectivity index (χ3n) is 10.2. The number of benzene rings is 3. The van der Waals surface area contributed by atoms with Crippen LogP contribution in [0.3, 0.4) is 0 Å². The Hall–Kier alpha value is -4.23. The van der Waals surface area contributed by atoms with Crippen LogP contribution in [0.4, 0.5) is 17.1 Å². The van der Waals surface area contributed by atoms with Crippen molar-refractivity contribution < 1.29 is 33.8 Å². The van der Waals surface area contributed by atoms with E-state index < -0.39 is 31.5 Å². The minimum atomic E-state index is -2.98. The average Bonchev–Trinajstić information content (AvgIpc) is 3.72. The number of hydrogen-bond acceptors (Lipinski definition) is 8. The maximum absolute atomic E-state index is 14.8. The van der Waals surface area contributed by atoms with Gasteiger partial charge in [0.05, 0.1) is 44.5 Å². The van der Waals surface area contributed by atoms with Crippen LogP contribution in [-0.2, 0) is 26.5 Å². The summed E-state index contributed by atoms with van der Waals surface area (Å²) in [5.74, 6) is -0.528. The molecule has 0 bridgehead atoms. The number of ether oxygens (including phenoxy) is 2. The van der Waals surface area contributed by atoms with E-state index >= 15 is 0 Å². The number of aliphatic hydroxyl groups is 1. The summed E-state index contributed by atoms with van der Waals surface area (Å²) in [5.41, 5.74) is 7.73. The number of carbonyl (C=O) groups excluding carboxylic acids is 3.